The molecular weight excluding hydrogens is 472 g/mol. The van der Waals surface area contributed by atoms with Crippen molar-refractivity contribution in [2.45, 2.75) is 51.6 Å². The number of methoxy groups -OCH3 is 3. The van der Waals surface area contributed by atoms with E-state index in [0.717, 1.165) is 36.8 Å². The lowest BCUT2D eigenvalue weighted by Gasteiger charge is -2.33. The van der Waals surface area contributed by atoms with E-state index in [1.165, 1.54) is 32.5 Å². The highest BCUT2D eigenvalue weighted by Crippen LogP contribution is 2.42. The summed E-state index contributed by atoms with van der Waals surface area (Å²) in [5.74, 6) is 0.594. The van der Waals surface area contributed by atoms with Crippen molar-refractivity contribution in [3.8, 4) is 17.2 Å². The Hall–Kier alpha value is -3.94. The van der Waals surface area contributed by atoms with Gasteiger partial charge >= 0.3 is 0 Å². The van der Waals surface area contributed by atoms with E-state index >= 15 is 0 Å². The Kier molecular flexibility index (Phi) is 8.06. The van der Waals surface area contributed by atoms with Gasteiger partial charge in [-0.25, -0.2) is 0 Å². The number of amides is 2. The Morgan fingerprint density at radius 3 is 2.22 bits per heavy atom. The van der Waals surface area contributed by atoms with Gasteiger partial charge in [0.2, 0.25) is 11.7 Å². The third-order valence-corrected chi connectivity index (χ3v) is 6.79. The minimum Gasteiger partial charge on any atom is -0.493 e. The second-order valence-corrected chi connectivity index (χ2v) is 9.29. The number of hydrogen-bond donors (Lipinski definition) is 1. The van der Waals surface area contributed by atoms with Crippen molar-refractivity contribution in [2.75, 3.05) is 26.2 Å². The number of hydrogen-bond acceptors (Lipinski definition) is 6. The quantitative estimate of drug-likeness (QED) is 0.420. The number of carbonyl (C=O) groups is 2. The molecule has 1 saturated carbocycles. The molecule has 1 aliphatic carbocycles. The molecule has 1 heterocycles. The zero-order chi connectivity index (χ0) is 26.5. The maximum absolute atomic E-state index is 14.1. The fraction of sp³-hybridized carbons (Fsp3) is 0.379. The van der Waals surface area contributed by atoms with Crippen LogP contribution in [0.4, 0.5) is 5.69 Å². The van der Waals surface area contributed by atoms with Crippen molar-refractivity contribution in [1.82, 2.24) is 5.32 Å². The van der Waals surface area contributed by atoms with Crippen LogP contribution in [0.15, 0.2) is 53.1 Å². The van der Waals surface area contributed by atoms with Crippen LogP contribution >= 0.6 is 0 Å². The second-order valence-electron chi connectivity index (χ2n) is 9.29. The Bertz CT molecular complexity index is 1220. The molecule has 0 bridgehead atoms. The molecule has 8 nitrogen and oxygen atoms in total. The number of benzene rings is 2. The van der Waals surface area contributed by atoms with Gasteiger partial charge < -0.3 is 23.9 Å². The molecule has 1 N–H and O–H groups in total. The average molecular weight is 507 g/mol. The summed E-state index contributed by atoms with van der Waals surface area (Å²) in [6, 6.07) is 11.5. The maximum atomic E-state index is 14.1. The van der Waals surface area contributed by atoms with Gasteiger partial charge in [0.25, 0.3) is 5.91 Å². The van der Waals surface area contributed by atoms with Gasteiger partial charge in [-0.1, -0.05) is 25.0 Å². The summed E-state index contributed by atoms with van der Waals surface area (Å²) in [6.45, 7) is 3.86. The van der Waals surface area contributed by atoms with Gasteiger partial charge in [0.1, 0.15) is 6.04 Å². The summed E-state index contributed by atoms with van der Waals surface area (Å²) < 4.78 is 22.2. The second kappa shape index (κ2) is 11.4. The van der Waals surface area contributed by atoms with Crippen LogP contribution in [0.2, 0.25) is 0 Å². The van der Waals surface area contributed by atoms with E-state index in [1.807, 2.05) is 32.0 Å². The van der Waals surface area contributed by atoms with Crippen molar-refractivity contribution < 1.29 is 28.2 Å². The summed E-state index contributed by atoms with van der Waals surface area (Å²) in [7, 11) is 4.56. The van der Waals surface area contributed by atoms with Crippen LogP contribution in [0.5, 0.6) is 17.2 Å². The summed E-state index contributed by atoms with van der Waals surface area (Å²) in [5, 5.41) is 3.19. The topological polar surface area (TPSA) is 90.2 Å². The number of aryl methyl sites for hydroxylation is 2. The van der Waals surface area contributed by atoms with Crippen LogP contribution in [0.25, 0.3) is 0 Å². The molecule has 1 aliphatic rings. The van der Waals surface area contributed by atoms with Gasteiger partial charge in [0.15, 0.2) is 17.3 Å². The first-order valence-corrected chi connectivity index (χ1v) is 12.4. The molecule has 0 radical (unpaired) electrons. The Morgan fingerprint density at radius 2 is 1.65 bits per heavy atom. The fourth-order valence-electron chi connectivity index (χ4n) is 4.89. The third kappa shape index (κ3) is 5.43. The minimum atomic E-state index is -1.03. The molecule has 0 aliphatic heterocycles. The Morgan fingerprint density at radius 1 is 0.973 bits per heavy atom. The molecule has 2 amide bonds. The lowest BCUT2D eigenvalue weighted by atomic mass is 9.99. The maximum Gasteiger partial charge on any atom is 0.294 e. The average Bonchev–Trinajstić information content (AvgIpc) is 3.62. The van der Waals surface area contributed by atoms with E-state index in [-0.39, 0.29) is 17.7 Å². The summed E-state index contributed by atoms with van der Waals surface area (Å²) >= 11 is 0. The predicted octanol–water partition coefficient (Wildman–Crippen LogP) is 5.37. The number of ether oxygens (including phenoxy) is 3. The fourth-order valence-corrected chi connectivity index (χ4v) is 4.89. The van der Waals surface area contributed by atoms with Gasteiger partial charge in [0.05, 0.1) is 27.6 Å². The summed E-state index contributed by atoms with van der Waals surface area (Å²) in [4.78, 5) is 29.6. The largest absolute Gasteiger partial charge is 0.493 e. The monoisotopic (exact) mass is 506 g/mol. The van der Waals surface area contributed by atoms with Gasteiger partial charge in [-0.15, -0.1) is 0 Å². The highest BCUT2D eigenvalue weighted by atomic mass is 16.5. The zero-order valence-electron chi connectivity index (χ0n) is 22.0. The molecule has 0 spiro atoms. The van der Waals surface area contributed by atoms with E-state index in [1.54, 1.807) is 24.3 Å². The first-order valence-electron chi connectivity index (χ1n) is 12.4. The van der Waals surface area contributed by atoms with E-state index in [2.05, 4.69) is 5.32 Å². The van der Waals surface area contributed by atoms with Crippen molar-refractivity contribution in [3.63, 3.8) is 0 Å². The molecule has 1 aromatic heterocycles. The van der Waals surface area contributed by atoms with Gasteiger partial charge in [-0.05, 0) is 73.7 Å². The van der Waals surface area contributed by atoms with E-state index < -0.39 is 11.9 Å². The smallest absolute Gasteiger partial charge is 0.294 e. The lowest BCUT2D eigenvalue weighted by Crippen LogP contribution is -2.46. The molecule has 1 fully saturated rings. The molecule has 1 atom stereocenters. The van der Waals surface area contributed by atoms with Crippen LogP contribution in [0.1, 0.15) is 59.0 Å². The van der Waals surface area contributed by atoms with Crippen molar-refractivity contribution in [2.24, 2.45) is 0 Å². The molecule has 0 saturated heterocycles. The van der Waals surface area contributed by atoms with Crippen molar-refractivity contribution in [3.05, 3.63) is 71.2 Å². The number of furan rings is 1. The minimum absolute atomic E-state index is 0.0520. The number of nitrogens with one attached hydrogen (secondary N) is 1. The Balaban J connectivity index is 1.94. The summed E-state index contributed by atoms with van der Waals surface area (Å²) in [6.07, 6.45) is 5.38. The molecular formula is C29H34N2O6. The van der Waals surface area contributed by atoms with E-state index in [4.69, 9.17) is 18.6 Å². The SMILES string of the molecule is COc1cc([C@@H](C(=O)NC2CCCC2)N(C(=O)c2ccco2)c2cc(C)ccc2C)cc(OC)c1OC. The standard InChI is InChI=1S/C29H34N2O6/c1-18-12-13-19(2)22(15-18)31(29(33)23-11-8-14-37-23)26(28(32)30-21-9-6-7-10-21)20-16-24(34-3)27(36-5)25(17-20)35-4/h8,11-17,21,26H,6-7,9-10H2,1-5H3,(H,30,32)/t26-/m0/s1. The van der Waals surface area contributed by atoms with Gasteiger partial charge in [0, 0.05) is 11.7 Å². The lowest BCUT2D eigenvalue weighted by molar-refractivity contribution is -0.123. The first-order chi connectivity index (χ1) is 17.9. The van der Waals surface area contributed by atoms with E-state index in [9.17, 15) is 9.59 Å². The Labute approximate surface area is 217 Å². The zero-order valence-corrected chi connectivity index (χ0v) is 22.0. The van der Waals surface area contributed by atoms with Crippen LogP contribution in [0.3, 0.4) is 0 Å². The van der Waals surface area contributed by atoms with Crippen molar-refractivity contribution >= 4 is 17.5 Å². The number of carbonyl (C=O) groups excluding carboxylic acids is 2. The molecule has 8 heteroatoms. The molecule has 196 valence electrons. The first kappa shape index (κ1) is 26.1. The highest BCUT2D eigenvalue weighted by molar-refractivity contribution is 6.09. The predicted molar refractivity (Wildman–Crippen MR) is 141 cm³/mol. The van der Waals surface area contributed by atoms with Crippen LogP contribution in [-0.4, -0.2) is 39.2 Å². The van der Waals surface area contributed by atoms with Gasteiger partial charge in [-0.2, -0.15) is 0 Å². The molecule has 4 rings (SSSR count). The van der Waals surface area contributed by atoms with Crippen LogP contribution in [-0.2, 0) is 4.79 Å². The summed E-state index contributed by atoms with van der Waals surface area (Å²) in [5.41, 5.74) is 2.93. The molecule has 0 unspecified atom stereocenters. The van der Waals surface area contributed by atoms with Gasteiger partial charge in [-0.3, -0.25) is 14.5 Å². The molecule has 37 heavy (non-hydrogen) atoms. The third-order valence-electron chi connectivity index (χ3n) is 6.79. The van der Waals surface area contributed by atoms with E-state index in [0.29, 0.717) is 28.5 Å². The highest BCUT2D eigenvalue weighted by Gasteiger charge is 2.37. The molecule has 2 aromatic carbocycles. The number of anilines is 1. The normalized spacial score (nSPS) is 14.2. The number of rotatable bonds is 9. The number of nitrogens with zero attached hydrogens (tertiary/aromatic N) is 1. The van der Waals surface area contributed by atoms with Crippen molar-refractivity contribution in [1.29, 1.82) is 0 Å². The molecule has 3 aromatic rings. The van der Waals surface area contributed by atoms with Crippen LogP contribution < -0.4 is 24.4 Å². The van der Waals surface area contributed by atoms with Crippen LogP contribution in [0, 0.1) is 13.8 Å².